The lowest BCUT2D eigenvalue weighted by Gasteiger charge is -2.31. The topological polar surface area (TPSA) is 115 Å². The zero-order valence-corrected chi connectivity index (χ0v) is 19.1. The highest BCUT2D eigenvalue weighted by molar-refractivity contribution is 5.95. The van der Waals surface area contributed by atoms with Crippen LogP contribution in [0.3, 0.4) is 0 Å². The summed E-state index contributed by atoms with van der Waals surface area (Å²) in [6.07, 6.45) is 3.55. The molecule has 1 aliphatic heterocycles. The molecule has 0 radical (unpaired) electrons. The van der Waals surface area contributed by atoms with E-state index < -0.39 is 0 Å². The molecule has 0 saturated carbocycles. The fourth-order valence-corrected chi connectivity index (χ4v) is 3.63. The third-order valence-electron chi connectivity index (χ3n) is 5.39. The molecule has 0 unspecified atom stereocenters. The van der Waals surface area contributed by atoms with Gasteiger partial charge in [-0.15, -0.1) is 0 Å². The lowest BCUT2D eigenvalue weighted by atomic mass is 10.1. The third kappa shape index (κ3) is 6.71. The van der Waals surface area contributed by atoms with Crippen LogP contribution in [0.2, 0.25) is 0 Å². The molecule has 0 aliphatic carbocycles. The van der Waals surface area contributed by atoms with Crippen LogP contribution in [0.4, 0.5) is 4.79 Å². The molecule has 0 bridgehead atoms. The van der Waals surface area contributed by atoms with Crippen LogP contribution in [-0.4, -0.2) is 72.0 Å². The number of carbonyl (C=O) groups is 3. The van der Waals surface area contributed by atoms with Gasteiger partial charge in [0.05, 0.1) is 25.6 Å². The van der Waals surface area contributed by atoms with Crippen molar-refractivity contribution in [3.05, 3.63) is 42.2 Å². The number of rotatable bonds is 9. The first-order chi connectivity index (χ1) is 16.0. The van der Waals surface area contributed by atoms with Crippen molar-refractivity contribution in [2.24, 2.45) is 0 Å². The molecule has 1 saturated heterocycles. The van der Waals surface area contributed by atoms with E-state index in [1.165, 1.54) is 7.11 Å². The monoisotopic (exact) mass is 457 g/mol. The van der Waals surface area contributed by atoms with Crippen molar-refractivity contribution in [3.8, 4) is 11.4 Å². The van der Waals surface area contributed by atoms with Gasteiger partial charge in [0.25, 0.3) is 5.91 Å². The summed E-state index contributed by atoms with van der Waals surface area (Å²) in [5, 5.41) is 10.1. The number of carbonyl (C=O) groups excluding carboxylic acids is 3. The molecule has 2 N–H and O–H groups in total. The van der Waals surface area contributed by atoms with Crippen molar-refractivity contribution < 1.29 is 23.9 Å². The van der Waals surface area contributed by atoms with E-state index in [1.54, 1.807) is 22.7 Å². The molecule has 2 heterocycles. The Morgan fingerprint density at radius 2 is 1.88 bits per heavy atom. The van der Waals surface area contributed by atoms with Gasteiger partial charge in [0.1, 0.15) is 0 Å². The quantitative estimate of drug-likeness (QED) is 0.558. The zero-order chi connectivity index (χ0) is 23.6. The Kier molecular flexibility index (Phi) is 8.68. The number of methoxy groups -OCH3 is 1. The molecule has 0 spiro atoms. The Bertz CT molecular complexity index is 938. The predicted octanol–water partition coefficient (Wildman–Crippen LogP) is 2.13. The molecule has 1 fully saturated rings. The van der Waals surface area contributed by atoms with Crippen LogP contribution in [0, 0.1) is 0 Å². The molecular weight excluding hydrogens is 426 g/mol. The number of nitrogens with one attached hydrogen (secondary N) is 2. The predicted molar refractivity (Wildman–Crippen MR) is 121 cm³/mol. The summed E-state index contributed by atoms with van der Waals surface area (Å²) in [6, 6.07) is 9.49. The number of para-hydroxylation sites is 1. The van der Waals surface area contributed by atoms with E-state index in [1.807, 2.05) is 30.3 Å². The summed E-state index contributed by atoms with van der Waals surface area (Å²) in [7, 11) is 1.49. The average Bonchev–Trinajstić information content (AvgIpc) is 3.28. The van der Waals surface area contributed by atoms with Crippen LogP contribution in [0.1, 0.15) is 43.1 Å². The Morgan fingerprint density at radius 1 is 1.15 bits per heavy atom. The van der Waals surface area contributed by atoms with Crippen LogP contribution in [0.15, 0.2) is 36.5 Å². The van der Waals surface area contributed by atoms with Gasteiger partial charge < -0.3 is 25.0 Å². The van der Waals surface area contributed by atoms with Gasteiger partial charge in [0, 0.05) is 32.1 Å². The number of benzene rings is 1. The van der Waals surface area contributed by atoms with Crippen molar-refractivity contribution in [1.29, 1.82) is 0 Å². The van der Waals surface area contributed by atoms with Gasteiger partial charge in [-0.2, -0.15) is 5.10 Å². The number of likely N-dealkylation sites (tertiary alicyclic amines) is 1. The number of piperidine rings is 1. The van der Waals surface area contributed by atoms with E-state index in [4.69, 9.17) is 9.47 Å². The van der Waals surface area contributed by atoms with E-state index >= 15 is 0 Å². The molecule has 10 heteroatoms. The molecule has 33 heavy (non-hydrogen) atoms. The molecule has 2 aromatic rings. The van der Waals surface area contributed by atoms with Gasteiger partial charge in [-0.1, -0.05) is 18.2 Å². The summed E-state index contributed by atoms with van der Waals surface area (Å²) in [4.78, 5) is 38.2. The van der Waals surface area contributed by atoms with E-state index in [2.05, 4.69) is 15.7 Å². The second-order valence-corrected chi connectivity index (χ2v) is 7.71. The summed E-state index contributed by atoms with van der Waals surface area (Å²) in [5.74, 6) is -0.0405. The molecule has 1 aromatic carbocycles. The highest BCUT2D eigenvalue weighted by Crippen LogP contribution is 2.19. The van der Waals surface area contributed by atoms with E-state index in [0.29, 0.717) is 57.7 Å². The SMILES string of the molecule is CCOC(=O)N1CCC(NC(=O)CCCNC(=O)c2nn(-c3ccccc3)cc2OC)CC1. The molecular formula is C23H31N5O5. The summed E-state index contributed by atoms with van der Waals surface area (Å²) < 4.78 is 11.9. The molecule has 3 amide bonds. The minimum Gasteiger partial charge on any atom is -0.493 e. The Balaban J connectivity index is 1.39. The number of ether oxygens (including phenoxy) is 2. The maximum absolute atomic E-state index is 12.6. The minimum absolute atomic E-state index is 0.0454. The first kappa shape index (κ1) is 24.1. The first-order valence-electron chi connectivity index (χ1n) is 11.2. The summed E-state index contributed by atoms with van der Waals surface area (Å²) in [6.45, 7) is 3.61. The van der Waals surface area contributed by atoms with Gasteiger partial charge >= 0.3 is 6.09 Å². The van der Waals surface area contributed by atoms with Crippen LogP contribution >= 0.6 is 0 Å². The molecule has 0 atom stereocenters. The van der Waals surface area contributed by atoms with E-state index in [-0.39, 0.29) is 29.6 Å². The second-order valence-electron chi connectivity index (χ2n) is 7.71. The van der Waals surface area contributed by atoms with E-state index in [9.17, 15) is 14.4 Å². The van der Waals surface area contributed by atoms with E-state index in [0.717, 1.165) is 5.69 Å². The molecule has 178 valence electrons. The number of hydrogen-bond donors (Lipinski definition) is 2. The third-order valence-corrected chi connectivity index (χ3v) is 5.39. The van der Waals surface area contributed by atoms with Gasteiger partial charge in [-0.25, -0.2) is 9.48 Å². The van der Waals surface area contributed by atoms with Crippen molar-refractivity contribution in [3.63, 3.8) is 0 Å². The minimum atomic E-state index is -0.353. The number of nitrogens with zero attached hydrogens (tertiary/aromatic N) is 3. The Labute approximate surface area is 193 Å². The normalized spacial score (nSPS) is 13.9. The Hall–Kier alpha value is -3.56. The standard InChI is InChI=1S/C23H31N5O5/c1-3-33-23(31)27-14-11-17(12-15-27)25-20(29)10-7-13-24-22(30)21-19(32-2)16-28(26-21)18-8-5-4-6-9-18/h4-6,8-9,16-17H,3,7,10-15H2,1-2H3,(H,24,30)(H,25,29). The van der Waals surface area contributed by atoms with Gasteiger partial charge in [0.15, 0.2) is 11.4 Å². The molecule has 3 rings (SSSR count). The summed E-state index contributed by atoms with van der Waals surface area (Å²) >= 11 is 0. The first-order valence-corrected chi connectivity index (χ1v) is 11.2. The smallest absolute Gasteiger partial charge is 0.409 e. The Morgan fingerprint density at radius 3 is 2.55 bits per heavy atom. The van der Waals surface area contributed by atoms with Gasteiger partial charge in [-0.3, -0.25) is 9.59 Å². The second kappa shape index (κ2) is 11.9. The largest absolute Gasteiger partial charge is 0.493 e. The number of amides is 3. The molecule has 10 nitrogen and oxygen atoms in total. The van der Waals surface area contributed by atoms with Gasteiger partial charge in [0.2, 0.25) is 5.91 Å². The maximum atomic E-state index is 12.6. The average molecular weight is 458 g/mol. The molecule has 1 aromatic heterocycles. The summed E-state index contributed by atoms with van der Waals surface area (Å²) in [5.41, 5.74) is 1.01. The maximum Gasteiger partial charge on any atom is 0.409 e. The lowest BCUT2D eigenvalue weighted by molar-refractivity contribution is -0.122. The highest BCUT2D eigenvalue weighted by atomic mass is 16.6. The van der Waals surface area contributed by atoms with Crippen LogP contribution < -0.4 is 15.4 Å². The number of hydrogen-bond acceptors (Lipinski definition) is 6. The fraction of sp³-hybridized carbons (Fsp3) is 0.478. The van der Waals surface area contributed by atoms with Crippen LogP contribution in [0.5, 0.6) is 5.75 Å². The van der Waals surface area contributed by atoms with Crippen molar-refractivity contribution in [2.45, 2.75) is 38.6 Å². The van der Waals surface area contributed by atoms with Gasteiger partial charge in [-0.05, 0) is 38.3 Å². The lowest BCUT2D eigenvalue weighted by Crippen LogP contribution is -2.46. The number of aromatic nitrogens is 2. The van der Waals surface area contributed by atoms with Crippen LogP contribution in [-0.2, 0) is 9.53 Å². The highest BCUT2D eigenvalue weighted by Gasteiger charge is 2.24. The molecule has 1 aliphatic rings. The van der Waals surface area contributed by atoms with Crippen molar-refractivity contribution in [1.82, 2.24) is 25.3 Å². The fourth-order valence-electron chi connectivity index (χ4n) is 3.63. The van der Waals surface area contributed by atoms with Crippen LogP contribution in [0.25, 0.3) is 5.69 Å². The zero-order valence-electron chi connectivity index (χ0n) is 19.1. The van der Waals surface area contributed by atoms with Crippen molar-refractivity contribution >= 4 is 17.9 Å². The van der Waals surface area contributed by atoms with Crippen molar-refractivity contribution in [2.75, 3.05) is 33.4 Å².